The molecular weight excluding hydrogens is 138 g/mol. The van der Waals surface area contributed by atoms with Crippen molar-refractivity contribution >= 4 is 0 Å². The zero-order valence-corrected chi connectivity index (χ0v) is 7.09. The first-order chi connectivity index (χ1) is 5.33. The maximum absolute atomic E-state index is 9.10. The standard InChI is InChI=1S/C9H17NO/c1-2-3-4-8-5-6-9(11)7-10-8/h5-6,8-11H,2-4,7H2,1H3/t8-,9-/m0/s1. The molecule has 1 aliphatic heterocycles. The van der Waals surface area contributed by atoms with E-state index < -0.39 is 0 Å². The second-order valence-electron chi connectivity index (χ2n) is 3.11. The lowest BCUT2D eigenvalue weighted by Gasteiger charge is -2.21. The van der Waals surface area contributed by atoms with Crippen LogP contribution in [0.25, 0.3) is 0 Å². The number of rotatable bonds is 3. The number of hydrogen-bond acceptors (Lipinski definition) is 2. The first-order valence-corrected chi connectivity index (χ1v) is 4.42. The molecule has 0 bridgehead atoms. The van der Waals surface area contributed by atoms with Gasteiger partial charge in [-0.3, -0.25) is 0 Å². The van der Waals surface area contributed by atoms with Crippen molar-refractivity contribution in [3.8, 4) is 0 Å². The van der Waals surface area contributed by atoms with Gasteiger partial charge in [-0.2, -0.15) is 0 Å². The van der Waals surface area contributed by atoms with Crippen molar-refractivity contribution in [3.05, 3.63) is 12.2 Å². The Kier molecular flexibility index (Phi) is 3.60. The molecule has 0 aromatic rings. The fraction of sp³-hybridized carbons (Fsp3) is 0.778. The summed E-state index contributed by atoms with van der Waals surface area (Å²) < 4.78 is 0. The van der Waals surface area contributed by atoms with Crippen LogP contribution in [0.1, 0.15) is 26.2 Å². The van der Waals surface area contributed by atoms with Gasteiger partial charge in [-0.05, 0) is 6.42 Å². The molecule has 1 heterocycles. The lowest BCUT2D eigenvalue weighted by molar-refractivity contribution is 0.206. The van der Waals surface area contributed by atoms with Gasteiger partial charge in [0.05, 0.1) is 6.10 Å². The Morgan fingerprint density at radius 1 is 1.55 bits per heavy atom. The lowest BCUT2D eigenvalue weighted by atomic mass is 10.1. The Hall–Kier alpha value is -0.340. The molecule has 0 fully saturated rings. The summed E-state index contributed by atoms with van der Waals surface area (Å²) in [5.74, 6) is 0. The minimum absolute atomic E-state index is 0.270. The van der Waals surface area contributed by atoms with Gasteiger partial charge in [-0.15, -0.1) is 0 Å². The van der Waals surface area contributed by atoms with E-state index >= 15 is 0 Å². The number of unbranched alkanes of at least 4 members (excludes halogenated alkanes) is 1. The highest BCUT2D eigenvalue weighted by Crippen LogP contribution is 2.05. The molecule has 2 atom stereocenters. The van der Waals surface area contributed by atoms with Crippen LogP contribution in [0.5, 0.6) is 0 Å². The van der Waals surface area contributed by atoms with E-state index in [0.717, 1.165) is 0 Å². The molecule has 2 nitrogen and oxygen atoms in total. The van der Waals surface area contributed by atoms with Crippen LogP contribution in [0.15, 0.2) is 12.2 Å². The van der Waals surface area contributed by atoms with Gasteiger partial charge in [0.1, 0.15) is 0 Å². The molecule has 0 unspecified atom stereocenters. The van der Waals surface area contributed by atoms with E-state index in [-0.39, 0.29) is 6.10 Å². The fourth-order valence-electron chi connectivity index (χ4n) is 1.29. The summed E-state index contributed by atoms with van der Waals surface area (Å²) in [4.78, 5) is 0. The van der Waals surface area contributed by atoms with Gasteiger partial charge in [-0.25, -0.2) is 0 Å². The molecule has 1 aliphatic rings. The quantitative estimate of drug-likeness (QED) is 0.597. The predicted octanol–water partition coefficient (Wildman–Crippen LogP) is 1.07. The summed E-state index contributed by atoms with van der Waals surface area (Å²) in [6.07, 6.45) is 7.39. The zero-order chi connectivity index (χ0) is 8.10. The first-order valence-electron chi connectivity index (χ1n) is 4.42. The molecule has 0 saturated carbocycles. The van der Waals surface area contributed by atoms with E-state index in [9.17, 15) is 0 Å². The van der Waals surface area contributed by atoms with Crippen molar-refractivity contribution in [2.75, 3.05) is 6.54 Å². The number of nitrogens with one attached hydrogen (secondary N) is 1. The highest BCUT2D eigenvalue weighted by molar-refractivity contribution is 5.02. The van der Waals surface area contributed by atoms with E-state index in [1.54, 1.807) is 0 Å². The molecular formula is C9H17NO. The third-order valence-corrected chi connectivity index (χ3v) is 2.02. The van der Waals surface area contributed by atoms with Gasteiger partial charge in [0.2, 0.25) is 0 Å². The summed E-state index contributed by atoms with van der Waals surface area (Å²) in [6.45, 7) is 2.91. The summed E-state index contributed by atoms with van der Waals surface area (Å²) >= 11 is 0. The maximum Gasteiger partial charge on any atom is 0.0846 e. The topological polar surface area (TPSA) is 32.3 Å². The Morgan fingerprint density at radius 3 is 2.91 bits per heavy atom. The average molecular weight is 155 g/mol. The molecule has 1 rings (SSSR count). The van der Waals surface area contributed by atoms with Crippen molar-refractivity contribution in [3.63, 3.8) is 0 Å². The molecule has 0 aliphatic carbocycles. The molecule has 64 valence electrons. The van der Waals surface area contributed by atoms with Crippen LogP contribution in [-0.2, 0) is 0 Å². The predicted molar refractivity (Wildman–Crippen MR) is 46.5 cm³/mol. The summed E-state index contributed by atoms with van der Waals surface area (Å²) in [7, 11) is 0. The van der Waals surface area contributed by atoms with E-state index in [2.05, 4.69) is 18.3 Å². The van der Waals surface area contributed by atoms with E-state index in [1.807, 2.05) is 6.08 Å². The minimum atomic E-state index is -0.270. The largest absolute Gasteiger partial charge is 0.388 e. The van der Waals surface area contributed by atoms with Crippen LogP contribution in [0.4, 0.5) is 0 Å². The van der Waals surface area contributed by atoms with Crippen molar-refractivity contribution in [1.82, 2.24) is 5.32 Å². The molecule has 0 aromatic heterocycles. The Balaban J connectivity index is 2.21. The molecule has 0 saturated heterocycles. The van der Waals surface area contributed by atoms with Gasteiger partial charge in [0.25, 0.3) is 0 Å². The van der Waals surface area contributed by atoms with Crippen LogP contribution in [-0.4, -0.2) is 23.8 Å². The molecule has 0 amide bonds. The maximum atomic E-state index is 9.10. The molecule has 2 N–H and O–H groups in total. The van der Waals surface area contributed by atoms with Crippen molar-refractivity contribution < 1.29 is 5.11 Å². The van der Waals surface area contributed by atoms with Crippen LogP contribution in [0, 0.1) is 0 Å². The van der Waals surface area contributed by atoms with Crippen LogP contribution < -0.4 is 5.32 Å². The van der Waals surface area contributed by atoms with Gasteiger partial charge in [0, 0.05) is 12.6 Å². The molecule has 0 radical (unpaired) electrons. The second kappa shape index (κ2) is 4.52. The average Bonchev–Trinajstić information content (AvgIpc) is 2.04. The lowest BCUT2D eigenvalue weighted by Crippen LogP contribution is -2.37. The van der Waals surface area contributed by atoms with Crippen LogP contribution in [0.2, 0.25) is 0 Å². The second-order valence-corrected chi connectivity index (χ2v) is 3.11. The molecule has 11 heavy (non-hydrogen) atoms. The smallest absolute Gasteiger partial charge is 0.0846 e. The zero-order valence-electron chi connectivity index (χ0n) is 7.09. The Morgan fingerprint density at radius 2 is 2.36 bits per heavy atom. The summed E-state index contributed by atoms with van der Waals surface area (Å²) in [5.41, 5.74) is 0. The summed E-state index contributed by atoms with van der Waals surface area (Å²) in [5, 5.41) is 12.4. The fourth-order valence-corrected chi connectivity index (χ4v) is 1.29. The normalized spacial score (nSPS) is 30.7. The highest BCUT2D eigenvalue weighted by atomic mass is 16.3. The van der Waals surface area contributed by atoms with Crippen LogP contribution in [0.3, 0.4) is 0 Å². The Bertz CT molecular complexity index is 134. The number of aliphatic hydroxyl groups is 1. The third-order valence-electron chi connectivity index (χ3n) is 2.02. The summed E-state index contributed by atoms with van der Waals surface area (Å²) in [6, 6.07) is 0.498. The number of aliphatic hydroxyl groups excluding tert-OH is 1. The molecule has 0 spiro atoms. The monoisotopic (exact) mass is 155 g/mol. The number of β-amino-alcohol motifs (C(OH)–C–C–N with tert-alkyl or cyclic N) is 1. The Labute approximate surface area is 68.3 Å². The van der Waals surface area contributed by atoms with Gasteiger partial charge in [-0.1, -0.05) is 31.9 Å². The van der Waals surface area contributed by atoms with Crippen molar-refractivity contribution in [1.29, 1.82) is 0 Å². The molecule has 2 heteroatoms. The first kappa shape index (κ1) is 8.75. The third kappa shape index (κ3) is 3.04. The van der Waals surface area contributed by atoms with E-state index in [4.69, 9.17) is 5.11 Å². The minimum Gasteiger partial charge on any atom is -0.388 e. The van der Waals surface area contributed by atoms with E-state index in [0.29, 0.717) is 12.6 Å². The van der Waals surface area contributed by atoms with Crippen LogP contribution >= 0.6 is 0 Å². The van der Waals surface area contributed by atoms with Crippen molar-refractivity contribution in [2.45, 2.75) is 38.3 Å². The van der Waals surface area contributed by atoms with Crippen molar-refractivity contribution in [2.24, 2.45) is 0 Å². The number of hydrogen-bond donors (Lipinski definition) is 2. The SMILES string of the molecule is CCCC[C@H]1C=C[C@H](O)CN1. The van der Waals surface area contributed by atoms with E-state index in [1.165, 1.54) is 19.3 Å². The van der Waals surface area contributed by atoms with Gasteiger partial charge < -0.3 is 10.4 Å². The molecule has 0 aromatic carbocycles. The highest BCUT2D eigenvalue weighted by Gasteiger charge is 2.10. The van der Waals surface area contributed by atoms with Gasteiger partial charge >= 0.3 is 0 Å². The van der Waals surface area contributed by atoms with Gasteiger partial charge in [0.15, 0.2) is 0 Å².